The summed E-state index contributed by atoms with van der Waals surface area (Å²) in [5.41, 5.74) is -3.55. The number of carboxylic acids is 1. The number of carboxylic acid groups (broad SMARTS) is 1. The highest BCUT2D eigenvalue weighted by Gasteiger charge is 2.74. The predicted octanol–water partition coefficient (Wildman–Crippen LogP) is 0.264. The first-order chi connectivity index (χ1) is 37.5. The zero-order valence-electron chi connectivity index (χ0n) is 47.5. The molecule has 26 atom stereocenters. The van der Waals surface area contributed by atoms with Crippen LogP contribution in [0.2, 0.25) is 0 Å². The maximum absolute atomic E-state index is 13.8. The first kappa shape index (κ1) is 63.0. The molecule has 0 bridgehead atoms. The SMILES string of the molecule is C/C=C(/C)C(=O)O[C@H]1[C@H](OC(=O)/C(C)=C\C)[C@@]2(CO)C(CC1(C)C)C1=CCC3[C@@]4(C)CC[C@H](O[C@@H]5OC(C(=O)O)[C@@H](O)C(OC6O[C@@H](CO)[C@@H](O)C6O)[C@@H]5O[C@@H]5OC(CO)[C@@H](O)C(O)[C@@H]5O)[C@](C)(CO)C4CC[C@@]3(C)[C@]1(C)C[C@H]2O. The van der Waals surface area contributed by atoms with Gasteiger partial charge >= 0.3 is 17.9 Å². The van der Waals surface area contributed by atoms with Crippen LogP contribution in [0, 0.1) is 50.2 Å². The van der Waals surface area contributed by atoms with E-state index >= 15 is 0 Å². The van der Waals surface area contributed by atoms with Gasteiger partial charge in [0.15, 0.2) is 31.1 Å². The van der Waals surface area contributed by atoms with Crippen molar-refractivity contribution in [3.63, 3.8) is 0 Å². The highest BCUT2D eigenvalue weighted by molar-refractivity contribution is 5.89. The van der Waals surface area contributed by atoms with Gasteiger partial charge in [-0.1, -0.05) is 65.3 Å². The molecule has 12 N–H and O–H groups in total. The van der Waals surface area contributed by atoms with Gasteiger partial charge in [0.1, 0.15) is 67.1 Å². The Kier molecular flexibility index (Phi) is 18.2. The first-order valence-corrected chi connectivity index (χ1v) is 28.2. The normalized spacial score (nSPS) is 49.3. The largest absolute Gasteiger partial charge is 0.479 e. The van der Waals surface area contributed by atoms with E-state index in [4.69, 9.17) is 37.9 Å². The summed E-state index contributed by atoms with van der Waals surface area (Å²) in [5.74, 6) is -3.87. The number of ether oxygens (including phenoxy) is 8. The molecule has 3 saturated heterocycles. The predicted molar refractivity (Wildman–Crippen MR) is 277 cm³/mol. The van der Waals surface area contributed by atoms with Crippen LogP contribution in [0.5, 0.6) is 0 Å². The van der Waals surface area contributed by atoms with Gasteiger partial charge in [-0.2, -0.15) is 0 Å². The third-order valence-corrected chi connectivity index (χ3v) is 21.4. The molecule has 0 aromatic carbocycles. The number of carbonyl (C=O) groups is 3. The summed E-state index contributed by atoms with van der Waals surface area (Å²) >= 11 is 0. The van der Waals surface area contributed by atoms with Crippen LogP contribution in [0.25, 0.3) is 0 Å². The van der Waals surface area contributed by atoms with E-state index in [0.717, 1.165) is 5.57 Å². The number of hydrogen-bond donors (Lipinski definition) is 12. The Labute approximate surface area is 466 Å². The van der Waals surface area contributed by atoms with Gasteiger partial charge in [0, 0.05) is 22.0 Å². The van der Waals surface area contributed by atoms with Gasteiger partial charge in [-0.3, -0.25) is 0 Å². The summed E-state index contributed by atoms with van der Waals surface area (Å²) in [5, 5.41) is 133. The number of hydrogen-bond acceptors (Lipinski definition) is 22. The summed E-state index contributed by atoms with van der Waals surface area (Å²) in [4.78, 5) is 40.3. The van der Waals surface area contributed by atoms with E-state index in [-0.39, 0.29) is 24.7 Å². The topological polar surface area (TPSA) is 368 Å². The molecule has 7 fully saturated rings. The van der Waals surface area contributed by atoms with Crippen molar-refractivity contribution >= 4 is 17.9 Å². The fourth-order valence-corrected chi connectivity index (χ4v) is 16.2. The van der Waals surface area contributed by atoms with Crippen LogP contribution < -0.4 is 0 Å². The molecule has 0 aromatic heterocycles. The van der Waals surface area contributed by atoms with Crippen molar-refractivity contribution in [2.24, 2.45) is 50.2 Å². The van der Waals surface area contributed by atoms with Crippen LogP contribution in [0.3, 0.4) is 0 Å². The molecule has 3 aliphatic heterocycles. The molecule has 454 valence electrons. The van der Waals surface area contributed by atoms with Gasteiger partial charge in [-0.25, -0.2) is 14.4 Å². The van der Waals surface area contributed by atoms with Gasteiger partial charge in [-0.05, 0) is 107 Å². The van der Waals surface area contributed by atoms with E-state index in [1.54, 1.807) is 39.8 Å². The molecular weight excluding hydrogens is 1050 g/mol. The Morgan fingerprint density at radius 2 is 1.19 bits per heavy atom. The quantitative estimate of drug-likeness (QED) is 0.0453. The second-order valence-electron chi connectivity index (χ2n) is 25.8. The number of carbonyl (C=O) groups excluding carboxylic acids is 2. The molecule has 0 amide bonds. The summed E-state index contributed by atoms with van der Waals surface area (Å²) in [6.45, 7) is 16.4. The Bertz CT molecular complexity index is 2380. The lowest BCUT2D eigenvalue weighted by Gasteiger charge is -2.72. The average molecular weight is 1140 g/mol. The summed E-state index contributed by atoms with van der Waals surface area (Å²) in [7, 11) is 0. The average Bonchev–Trinajstić information content (AvgIpc) is 3.85. The Morgan fingerprint density at radius 1 is 0.637 bits per heavy atom. The van der Waals surface area contributed by atoms with Crippen molar-refractivity contribution in [1.29, 1.82) is 0 Å². The van der Waals surface area contributed by atoms with Gasteiger partial charge in [0.25, 0.3) is 0 Å². The maximum Gasteiger partial charge on any atom is 0.335 e. The van der Waals surface area contributed by atoms with Crippen LogP contribution in [0.15, 0.2) is 34.9 Å². The minimum Gasteiger partial charge on any atom is -0.479 e. The van der Waals surface area contributed by atoms with Crippen molar-refractivity contribution in [3.05, 3.63) is 34.9 Å². The molecule has 23 nitrogen and oxygen atoms in total. The van der Waals surface area contributed by atoms with E-state index in [9.17, 15) is 75.7 Å². The van der Waals surface area contributed by atoms with E-state index in [2.05, 4.69) is 26.8 Å². The summed E-state index contributed by atoms with van der Waals surface area (Å²) in [6.07, 6.45) is -21.9. The summed E-state index contributed by atoms with van der Waals surface area (Å²) in [6, 6.07) is 0. The number of rotatable bonds is 15. The molecule has 4 saturated carbocycles. The molecule has 3 heterocycles. The van der Waals surface area contributed by atoms with Crippen molar-refractivity contribution in [3.8, 4) is 0 Å². The van der Waals surface area contributed by atoms with Crippen molar-refractivity contribution in [1.82, 2.24) is 0 Å². The molecule has 0 aromatic rings. The molecule has 0 radical (unpaired) electrons. The van der Waals surface area contributed by atoms with E-state index in [1.165, 1.54) is 0 Å². The molecule has 5 aliphatic carbocycles. The maximum atomic E-state index is 13.8. The zero-order chi connectivity index (χ0) is 59.1. The van der Waals surface area contributed by atoms with E-state index in [0.29, 0.717) is 43.3 Å². The smallest absolute Gasteiger partial charge is 0.335 e. The van der Waals surface area contributed by atoms with Crippen LogP contribution in [0.1, 0.15) is 114 Å². The van der Waals surface area contributed by atoms with E-state index < -0.39 is 193 Å². The third kappa shape index (κ3) is 9.95. The Morgan fingerprint density at radius 3 is 1.73 bits per heavy atom. The van der Waals surface area contributed by atoms with Crippen LogP contribution in [-0.4, -0.2) is 216 Å². The Hall–Kier alpha value is -3.05. The van der Waals surface area contributed by atoms with Crippen LogP contribution in [-0.2, 0) is 52.3 Å². The number of aliphatic carboxylic acids is 1. The number of esters is 2. The second-order valence-corrected chi connectivity index (χ2v) is 25.8. The summed E-state index contributed by atoms with van der Waals surface area (Å²) < 4.78 is 49.0. The minimum atomic E-state index is -2.15. The number of fused-ring (bicyclic) bond motifs is 7. The zero-order valence-corrected chi connectivity index (χ0v) is 47.5. The fraction of sp³-hybridized carbons (Fsp3) is 0.842. The fourth-order valence-electron chi connectivity index (χ4n) is 16.2. The molecule has 23 heteroatoms. The second kappa shape index (κ2) is 23.1. The van der Waals surface area contributed by atoms with Crippen molar-refractivity contribution in [2.45, 2.75) is 225 Å². The number of aliphatic hydroxyl groups is 11. The highest BCUT2D eigenvalue weighted by atomic mass is 16.8. The first-order valence-electron chi connectivity index (χ1n) is 28.2. The monoisotopic (exact) mass is 1140 g/mol. The van der Waals surface area contributed by atoms with E-state index in [1.807, 2.05) is 20.8 Å². The van der Waals surface area contributed by atoms with Crippen molar-refractivity contribution < 1.29 is 114 Å². The van der Waals surface area contributed by atoms with Gasteiger partial charge in [0.2, 0.25) is 0 Å². The standard InChI is InChI=1S/C57H88O23/c1-11-25(3)47(71)79-44-45(80-48(72)26(4)12-2)57(24-61)28(19-52(44,5)6)27-13-14-32-53(7)17-16-34(54(8,23-60)31(53)15-18-55(32,9)56(27,10)20-33(57)62)75-51-43(78-50-39(67)37(65)35(63)29(21-58)73-50)41(40(68)42(77-51)46(69)70)76-49-38(66)36(64)30(22-59)74-49/h11-13,28-45,49-51,58-68H,14-24H2,1-10H3,(H,69,70)/b25-11-,26-12-/t28?,29?,30-,31?,32?,33+,34-,35+,36+,37?,38?,39-,40-,41?,42?,43-,44-,45-,49?,50-,51+,53-,54+,55+,56+,57-/m0/s1. The molecule has 80 heavy (non-hydrogen) atoms. The molecule has 8 aliphatic rings. The Balaban J connectivity index is 1.14. The lowest BCUT2D eigenvalue weighted by atomic mass is 9.33. The van der Waals surface area contributed by atoms with Gasteiger partial charge < -0.3 is 99.2 Å². The van der Waals surface area contributed by atoms with Crippen molar-refractivity contribution in [2.75, 3.05) is 26.4 Å². The highest BCUT2D eigenvalue weighted by Crippen LogP contribution is 2.76. The lowest BCUT2D eigenvalue weighted by Crippen LogP contribution is -2.72. The lowest BCUT2D eigenvalue weighted by molar-refractivity contribution is -0.387. The molecule has 0 spiro atoms. The van der Waals surface area contributed by atoms with Gasteiger partial charge in [0.05, 0.1) is 44.1 Å². The molecular formula is C57H88O23. The minimum absolute atomic E-state index is 0.0864. The molecule has 8 rings (SSSR count). The van der Waals surface area contributed by atoms with Crippen LogP contribution in [0.4, 0.5) is 0 Å². The van der Waals surface area contributed by atoms with Crippen LogP contribution >= 0.6 is 0 Å². The number of allylic oxidation sites excluding steroid dienone is 4. The van der Waals surface area contributed by atoms with Gasteiger partial charge in [-0.15, -0.1) is 0 Å². The third-order valence-electron chi connectivity index (χ3n) is 21.4. The molecule has 9 unspecified atom stereocenters. The number of aliphatic hydroxyl groups excluding tert-OH is 11.